The molecule has 1 aromatic carbocycles. The van der Waals surface area contributed by atoms with Crippen LogP contribution in [0.2, 0.25) is 5.02 Å². The normalized spacial score (nSPS) is 19.6. The lowest BCUT2D eigenvalue weighted by atomic mass is 10.3. The second-order valence-corrected chi connectivity index (χ2v) is 6.00. The minimum atomic E-state index is -3.85. The van der Waals surface area contributed by atoms with Crippen molar-refractivity contribution in [1.29, 1.82) is 0 Å². The minimum absolute atomic E-state index is 0. The lowest BCUT2D eigenvalue weighted by Crippen LogP contribution is -2.36. The molecule has 18 heavy (non-hydrogen) atoms. The zero-order valence-corrected chi connectivity index (χ0v) is 11.7. The van der Waals surface area contributed by atoms with E-state index < -0.39 is 20.7 Å². The number of nitrogens with one attached hydrogen (secondary N) is 2. The van der Waals surface area contributed by atoms with E-state index in [1.807, 2.05) is 0 Å². The number of rotatable bonds is 3. The molecule has 1 atom stereocenters. The summed E-state index contributed by atoms with van der Waals surface area (Å²) in [6, 6.07) is 3.27. The van der Waals surface area contributed by atoms with Crippen molar-refractivity contribution in [3.63, 3.8) is 0 Å². The Labute approximate surface area is 116 Å². The van der Waals surface area contributed by atoms with Gasteiger partial charge in [0.1, 0.15) is 10.7 Å². The predicted octanol–water partition coefficient (Wildman–Crippen LogP) is 1.54. The van der Waals surface area contributed by atoms with E-state index in [4.69, 9.17) is 11.6 Å². The molecule has 102 valence electrons. The van der Waals surface area contributed by atoms with Gasteiger partial charge in [0.05, 0.1) is 0 Å². The van der Waals surface area contributed by atoms with E-state index in [0.717, 1.165) is 18.7 Å². The van der Waals surface area contributed by atoms with E-state index >= 15 is 0 Å². The molecule has 8 heteroatoms. The molecule has 1 fully saturated rings. The Balaban J connectivity index is 0.00000162. The van der Waals surface area contributed by atoms with E-state index in [-0.39, 0.29) is 23.5 Å². The third kappa shape index (κ3) is 3.55. The van der Waals surface area contributed by atoms with Crippen molar-refractivity contribution >= 4 is 34.0 Å². The minimum Gasteiger partial charge on any atom is -0.315 e. The molecule has 1 heterocycles. The van der Waals surface area contributed by atoms with Gasteiger partial charge in [-0.15, -0.1) is 12.4 Å². The zero-order valence-electron chi connectivity index (χ0n) is 9.32. The van der Waals surface area contributed by atoms with Gasteiger partial charge in [-0.1, -0.05) is 11.6 Å². The Morgan fingerprint density at radius 2 is 2.17 bits per heavy atom. The smallest absolute Gasteiger partial charge is 0.243 e. The summed E-state index contributed by atoms with van der Waals surface area (Å²) in [7, 11) is -3.85. The maximum absolute atomic E-state index is 13.4. The first-order valence-corrected chi connectivity index (χ1v) is 7.03. The van der Waals surface area contributed by atoms with E-state index in [0.29, 0.717) is 13.0 Å². The SMILES string of the molecule is Cl.O=S(=O)(NC1CCNC1)c1cc(Cl)ccc1F. The van der Waals surface area contributed by atoms with Crippen molar-refractivity contribution in [2.45, 2.75) is 17.4 Å². The van der Waals surface area contributed by atoms with Gasteiger partial charge in [0.2, 0.25) is 10.0 Å². The van der Waals surface area contributed by atoms with Gasteiger partial charge in [-0.3, -0.25) is 0 Å². The summed E-state index contributed by atoms with van der Waals surface area (Å²) < 4.78 is 39.7. The van der Waals surface area contributed by atoms with Crippen molar-refractivity contribution in [1.82, 2.24) is 10.0 Å². The van der Waals surface area contributed by atoms with Crippen molar-refractivity contribution in [3.05, 3.63) is 29.0 Å². The van der Waals surface area contributed by atoms with Gasteiger partial charge in [-0.2, -0.15) is 0 Å². The zero-order chi connectivity index (χ0) is 12.5. The van der Waals surface area contributed by atoms with Crippen LogP contribution in [-0.4, -0.2) is 27.5 Å². The van der Waals surface area contributed by atoms with Crippen LogP contribution in [0.25, 0.3) is 0 Å². The van der Waals surface area contributed by atoms with Crippen molar-refractivity contribution < 1.29 is 12.8 Å². The molecule has 2 rings (SSSR count). The number of benzene rings is 1. The Morgan fingerprint density at radius 3 is 2.78 bits per heavy atom. The summed E-state index contributed by atoms with van der Waals surface area (Å²) in [4.78, 5) is -0.406. The first-order chi connectivity index (χ1) is 7.99. The summed E-state index contributed by atoms with van der Waals surface area (Å²) in [6.45, 7) is 1.31. The van der Waals surface area contributed by atoms with Crippen LogP contribution >= 0.6 is 24.0 Å². The molecule has 2 N–H and O–H groups in total. The highest BCUT2D eigenvalue weighted by atomic mass is 35.5. The largest absolute Gasteiger partial charge is 0.315 e. The van der Waals surface area contributed by atoms with E-state index in [2.05, 4.69) is 10.0 Å². The van der Waals surface area contributed by atoms with Crippen LogP contribution in [0.1, 0.15) is 6.42 Å². The molecular formula is C10H13Cl2FN2O2S. The van der Waals surface area contributed by atoms with Crippen LogP contribution in [-0.2, 0) is 10.0 Å². The maximum atomic E-state index is 13.4. The van der Waals surface area contributed by atoms with Gasteiger partial charge in [-0.05, 0) is 31.2 Å². The fourth-order valence-corrected chi connectivity index (χ4v) is 3.33. The Hall–Kier alpha value is -0.400. The predicted molar refractivity (Wildman–Crippen MR) is 70.3 cm³/mol. The lowest BCUT2D eigenvalue weighted by Gasteiger charge is -2.12. The highest BCUT2D eigenvalue weighted by Gasteiger charge is 2.25. The first kappa shape index (κ1) is 15.7. The Morgan fingerprint density at radius 1 is 1.44 bits per heavy atom. The second kappa shape index (κ2) is 6.16. The summed E-state index contributed by atoms with van der Waals surface area (Å²) >= 11 is 5.67. The Kier molecular flexibility index (Phi) is 5.36. The molecule has 1 aliphatic rings. The Bertz CT molecular complexity index is 519. The average Bonchev–Trinajstić information content (AvgIpc) is 2.73. The molecule has 0 saturated carbocycles. The molecule has 1 aliphatic heterocycles. The summed E-state index contributed by atoms with van der Waals surface area (Å²) in [5.74, 6) is -0.798. The monoisotopic (exact) mass is 314 g/mol. The number of sulfonamides is 1. The molecule has 0 bridgehead atoms. The van der Waals surface area contributed by atoms with E-state index in [9.17, 15) is 12.8 Å². The topological polar surface area (TPSA) is 58.2 Å². The van der Waals surface area contributed by atoms with E-state index in [1.54, 1.807) is 0 Å². The van der Waals surface area contributed by atoms with Gasteiger partial charge in [0, 0.05) is 17.6 Å². The van der Waals surface area contributed by atoms with Crippen LogP contribution in [0.3, 0.4) is 0 Å². The molecular weight excluding hydrogens is 302 g/mol. The standard InChI is InChI=1S/C10H12ClFN2O2S.ClH/c11-7-1-2-9(12)10(5-7)17(15,16)14-8-3-4-13-6-8;/h1-2,5,8,13-14H,3-4,6H2;1H. The number of hydrogen-bond acceptors (Lipinski definition) is 3. The summed E-state index contributed by atoms with van der Waals surface area (Å²) in [5.41, 5.74) is 0. The van der Waals surface area contributed by atoms with Crippen molar-refractivity contribution in [2.24, 2.45) is 0 Å². The van der Waals surface area contributed by atoms with Crippen molar-refractivity contribution in [3.8, 4) is 0 Å². The van der Waals surface area contributed by atoms with E-state index in [1.165, 1.54) is 6.07 Å². The molecule has 0 aromatic heterocycles. The molecule has 0 radical (unpaired) electrons. The molecule has 1 unspecified atom stereocenters. The van der Waals surface area contributed by atoms with Crippen LogP contribution in [0.5, 0.6) is 0 Å². The van der Waals surface area contributed by atoms with Gasteiger partial charge < -0.3 is 5.32 Å². The van der Waals surface area contributed by atoms with Crippen LogP contribution in [0, 0.1) is 5.82 Å². The number of hydrogen-bond donors (Lipinski definition) is 2. The first-order valence-electron chi connectivity index (χ1n) is 5.17. The molecule has 4 nitrogen and oxygen atoms in total. The van der Waals surface area contributed by atoms with Gasteiger partial charge >= 0.3 is 0 Å². The molecule has 0 amide bonds. The fraction of sp³-hybridized carbons (Fsp3) is 0.400. The highest BCUT2D eigenvalue weighted by molar-refractivity contribution is 7.89. The highest BCUT2D eigenvalue weighted by Crippen LogP contribution is 2.20. The van der Waals surface area contributed by atoms with Gasteiger partial charge in [0.15, 0.2) is 0 Å². The third-order valence-corrected chi connectivity index (χ3v) is 4.34. The van der Waals surface area contributed by atoms with Gasteiger partial charge in [-0.25, -0.2) is 17.5 Å². The van der Waals surface area contributed by atoms with Crippen molar-refractivity contribution in [2.75, 3.05) is 13.1 Å². The quantitative estimate of drug-likeness (QED) is 0.890. The third-order valence-electron chi connectivity index (χ3n) is 2.56. The molecule has 1 aromatic rings. The molecule has 0 aliphatic carbocycles. The average molecular weight is 315 g/mol. The second-order valence-electron chi connectivity index (χ2n) is 3.89. The van der Waals surface area contributed by atoms with Gasteiger partial charge in [0.25, 0.3) is 0 Å². The summed E-state index contributed by atoms with van der Waals surface area (Å²) in [6.07, 6.45) is 0.696. The van der Waals surface area contributed by atoms with Crippen LogP contribution in [0.15, 0.2) is 23.1 Å². The number of halogens is 3. The fourth-order valence-electron chi connectivity index (χ4n) is 1.72. The van der Waals surface area contributed by atoms with Crippen LogP contribution < -0.4 is 10.0 Å². The lowest BCUT2D eigenvalue weighted by molar-refractivity contribution is 0.542. The summed E-state index contributed by atoms with van der Waals surface area (Å²) in [5, 5.41) is 3.22. The molecule has 1 saturated heterocycles. The molecule has 0 spiro atoms. The van der Waals surface area contributed by atoms with Crippen LogP contribution in [0.4, 0.5) is 4.39 Å². The maximum Gasteiger partial charge on any atom is 0.243 e.